The smallest absolute Gasteiger partial charge is 0.347 e. The quantitative estimate of drug-likeness (QED) is 0.317. The molecule has 6 N–H and O–H groups in total. The lowest BCUT2D eigenvalue weighted by molar-refractivity contribution is 0.0731. The van der Waals surface area contributed by atoms with Crippen molar-refractivity contribution in [3.8, 4) is 17.5 Å². The van der Waals surface area contributed by atoms with E-state index in [1.807, 2.05) is 11.0 Å². The van der Waals surface area contributed by atoms with Gasteiger partial charge in [-0.3, -0.25) is 0 Å². The van der Waals surface area contributed by atoms with E-state index < -0.39 is 5.97 Å². The van der Waals surface area contributed by atoms with E-state index in [2.05, 4.69) is 20.3 Å². The minimum atomic E-state index is -0.674. The Morgan fingerprint density at radius 1 is 1.09 bits per heavy atom. The van der Waals surface area contributed by atoms with Crippen LogP contribution in [0, 0.1) is 0 Å². The molecule has 1 aromatic heterocycles. The number of ether oxygens (including phenoxy) is 2. The van der Waals surface area contributed by atoms with Crippen LogP contribution in [-0.2, 0) is 0 Å². The van der Waals surface area contributed by atoms with Crippen molar-refractivity contribution in [1.29, 1.82) is 0 Å². The number of carbonyl (C=O) groups excluding carboxylic acids is 1. The molecule has 1 aliphatic rings. The first-order valence-electron chi connectivity index (χ1n) is 10.3. The molecule has 0 saturated carbocycles. The molecule has 33 heavy (non-hydrogen) atoms. The van der Waals surface area contributed by atoms with Crippen LogP contribution in [0.15, 0.2) is 48.5 Å². The summed E-state index contributed by atoms with van der Waals surface area (Å²) >= 11 is 0. The Morgan fingerprint density at radius 2 is 1.82 bits per heavy atom. The number of anilines is 3. The fourth-order valence-corrected chi connectivity index (χ4v) is 3.54. The first kappa shape index (κ1) is 22.2. The monoisotopic (exact) mass is 451 g/mol. The van der Waals surface area contributed by atoms with Crippen molar-refractivity contribution in [3.63, 3.8) is 0 Å². The minimum Gasteiger partial charge on any atom is -0.507 e. The van der Waals surface area contributed by atoms with Crippen LogP contribution in [0.25, 0.3) is 0 Å². The summed E-state index contributed by atoms with van der Waals surface area (Å²) < 4.78 is 10.5. The van der Waals surface area contributed by atoms with E-state index in [1.54, 1.807) is 30.3 Å². The van der Waals surface area contributed by atoms with E-state index in [9.17, 15) is 9.90 Å². The largest absolute Gasteiger partial charge is 0.507 e. The van der Waals surface area contributed by atoms with Crippen LogP contribution < -0.4 is 31.2 Å². The molecule has 1 saturated heterocycles. The number of phenols is 1. The lowest BCUT2D eigenvalue weighted by atomic mass is 10.0. The van der Waals surface area contributed by atoms with Crippen LogP contribution >= 0.6 is 0 Å². The minimum absolute atomic E-state index is 0.0228. The molecule has 4 rings (SSSR count). The average Bonchev–Trinajstić information content (AvgIpc) is 2.79. The number of rotatable bonds is 6. The van der Waals surface area contributed by atoms with Gasteiger partial charge in [-0.25, -0.2) is 4.79 Å². The van der Waals surface area contributed by atoms with E-state index in [1.165, 1.54) is 19.2 Å². The van der Waals surface area contributed by atoms with Crippen LogP contribution in [-0.4, -0.2) is 58.3 Å². The third-order valence-corrected chi connectivity index (χ3v) is 5.01. The summed E-state index contributed by atoms with van der Waals surface area (Å²) in [4.78, 5) is 27.2. The van der Waals surface area contributed by atoms with Crippen molar-refractivity contribution < 1.29 is 19.4 Å². The van der Waals surface area contributed by atoms with Crippen LogP contribution in [0.4, 0.5) is 17.6 Å². The highest BCUT2D eigenvalue weighted by Gasteiger charge is 2.25. The molecule has 11 heteroatoms. The molecule has 11 nitrogen and oxygen atoms in total. The number of nitrogens with zero attached hydrogens (tertiary/aromatic N) is 4. The summed E-state index contributed by atoms with van der Waals surface area (Å²) in [5.74, 6) is 0.0270. The van der Waals surface area contributed by atoms with Gasteiger partial charge in [0, 0.05) is 36.9 Å². The average molecular weight is 451 g/mol. The van der Waals surface area contributed by atoms with Crippen LogP contribution in [0.5, 0.6) is 17.5 Å². The Balaban J connectivity index is 1.52. The lowest BCUT2D eigenvalue weighted by Gasteiger charge is -2.34. The number of methoxy groups -OCH3 is 1. The predicted octanol–water partition coefficient (Wildman–Crippen LogP) is 1.41. The Kier molecular flexibility index (Phi) is 6.52. The normalized spacial score (nSPS) is 18.0. The summed E-state index contributed by atoms with van der Waals surface area (Å²) in [6, 6.07) is 13.0. The van der Waals surface area contributed by atoms with E-state index in [0.717, 1.165) is 6.42 Å². The third-order valence-electron chi connectivity index (χ3n) is 5.01. The van der Waals surface area contributed by atoms with Crippen molar-refractivity contribution >= 4 is 23.6 Å². The van der Waals surface area contributed by atoms with Gasteiger partial charge in [0.2, 0.25) is 11.9 Å². The second kappa shape index (κ2) is 9.67. The summed E-state index contributed by atoms with van der Waals surface area (Å²) in [5.41, 5.74) is 12.6. The Labute approximate surface area is 190 Å². The van der Waals surface area contributed by atoms with Gasteiger partial charge in [-0.2, -0.15) is 15.0 Å². The van der Waals surface area contributed by atoms with Gasteiger partial charge in [0.05, 0.1) is 7.11 Å². The van der Waals surface area contributed by atoms with Crippen molar-refractivity contribution in [2.45, 2.75) is 18.5 Å². The summed E-state index contributed by atoms with van der Waals surface area (Å²) in [6.07, 6.45) is 0.724. The Morgan fingerprint density at radius 3 is 2.48 bits per heavy atom. The maximum atomic E-state index is 12.4. The maximum Gasteiger partial charge on any atom is 0.347 e. The molecule has 0 spiro atoms. The number of esters is 1. The molecular weight excluding hydrogens is 426 g/mol. The van der Waals surface area contributed by atoms with E-state index in [-0.39, 0.29) is 35.4 Å². The zero-order chi connectivity index (χ0) is 23.4. The molecule has 172 valence electrons. The molecule has 2 aromatic carbocycles. The number of aromatic nitrogens is 3. The van der Waals surface area contributed by atoms with Gasteiger partial charge in [-0.15, -0.1) is 0 Å². The molecule has 2 atom stereocenters. The fraction of sp³-hybridized carbons (Fsp3) is 0.273. The van der Waals surface area contributed by atoms with Crippen molar-refractivity contribution in [2.24, 2.45) is 11.5 Å². The summed E-state index contributed by atoms with van der Waals surface area (Å²) in [7, 11) is 1.45. The van der Waals surface area contributed by atoms with E-state index in [4.69, 9.17) is 20.9 Å². The number of hydrogen-bond donors (Lipinski definition) is 4. The zero-order valence-corrected chi connectivity index (χ0v) is 18.0. The van der Waals surface area contributed by atoms with Gasteiger partial charge >= 0.3 is 12.0 Å². The number of nitrogens with one attached hydrogen (secondary N) is 1. The number of nitrogens with two attached hydrogens (primary N) is 2. The number of piperidine rings is 1. The Bertz CT molecular complexity index is 1120. The molecule has 0 unspecified atom stereocenters. The number of hydrogen-bond acceptors (Lipinski definition) is 11. The maximum absolute atomic E-state index is 12.4. The summed E-state index contributed by atoms with van der Waals surface area (Å²) in [5, 5.41) is 13.4. The highest BCUT2D eigenvalue weighted by molar-refractivity contribution is 5.94. The van der Waals surface area contributed by atoms with Gasteiger partial charge in [-0.05, 0) is 30.7 Å². The van der Waals surface area contributed by atoms with Gasteiger partial charge in [0.1, 0.15) is 17.1 Å². The van der Waals surface area contributed by atoms with Crippen molar-refractivity contribution in [2.75, 3.05) is 30.4 Å². The van der Waals surface area contributed by atoms with E-state index >= 15 is 0 Å². The van der Waals surface area contributed by atoms with Crippen LogP contribution in [0.3, 0.4) is 0 Å². The number of aromatic hydroxyl groups is 1. The topological polar surface area (TPSA) is 162 Å². The van der Waals surface area contributed by atoms with E-state index in [0.29, 0.717) is 30.5 Å². The fourth-order valence-electron chi connectivity index (χ4n) is 3.54. The third kappa shape index (κ3) is 5.45. The molecule has 0 amide bonds. The lowest BCUT2D eigenvalue weighted by Crippen LogP contribution is -2.52. The molecule has 1 fully saturated rings. The molecule has 3 aromatic rings. The molecule has 2 heterocycles. The summed E-state index contributed by atoms with van der Waals surface area (Å²) in [6.45, 7) is 1.11. The second-order valence-corrected chi connectivity index (χ2v) is 7.67. The molecule has 0 radical (unpaired) electrons. The number of phenolic OH excluding ortho intramolecular Hbond substituents is 1. The molecule has 0 bridgehead atoms. The predicted molar refractivity (Wildman–Crippen MR) is 122 cm³/mol. The van der Waals surface area contributed by atoms with Crippen molar-refractivity contribution in [1.82, 2.24) is 15.0 Å². The zero-order valence-electron chi connectivity index (χ0n) is 18.0. The van der Waals surface area contributed by atoms with Crippen molar-refractivity contribution in [3.05, 3.63) is 54.1 Å². The highest BCUT2D eigenvalue weighted by atomic mass is 16.5. The molecule has 0 aliphatic carbocycles. The molecular formula is C22H25N7O4. The Hall–Kier alpha value is -3.96. The second-order valence-electron chi connectivity index (χ2n) is 7.67. The van der Waals surface area contributed by atoms with Gasteiger partial charge in [0.25, 0.3) is 0 Å². The van der Waals surface area contributed by atoms with Gasteiger partial charge < -0.3 is 36.3 Å². The highest BCUT2D eigenvalue weighted by Crippen LogP contribution is 2.26. The SMILES string of the molecule is COc1nc(Nc2ccc(C(=O)Oc3ccccc3)c(O)c2)nc(N2C[C@H](N)C[C@H](N)C2)n1. The number of para-hydroxylation sites is 1. The number of carbonyl (C=O) groups is 1. The van der Waals surface area contributed by atoms with Gasteiger partial charge in [-0.1, -0.05) is 18.2 Å². The first-order valence-corrected chi connectivity index (χ1v) is 10.3. The standard InChI is InChI=1S/C22H25N7O4/c1-32-22-27-20(26-21(28-22)29-11-13(23)9-14(24)12-29)25-15-7-8-17(18(30)10-15)19(31)33-16-5-3-2-4-6-16/h2-8,10,13-14,30H,9,11-12,23-24H2,1H3,(H,25,26,27,28)/t13-,14+. The number of benzene rings is 2. The van der Waals surface area contributed by atoms with Gasteiger partial charge in [0.15, 0.2) is 0 Å². The first-order chi connectivity index (χ1) is 15.9. The molecule has 1 aliphatic heterocycles. The van der Waals surface area contributed by atoms with Crippen LogP contribution in [0.2, 0.25) is 0 Å². The van der Waals surface area contributed by atoms with Crippen LogP contribution in [0.1, 0.15) is 16.8 Å².